The van der Waals surface area contributed by atoms with E-state index in [9.17, 15) is 18.0 Å². The number of rotatable bonds is 4. The van der Waals surface area contributed by atoms with Crippen molar-refractivity contribution < 1.29 is 22.5 Å². The Balaban J connectivity index is 1.52. The van der Waals surface area contributed by atoms with Crippen molar-refractivity contribution in [2.45, 2.75) is 38.5 Å². The van der Waals surface area contributed by atoms with Crippen molar-refractivity contribution in [3.05, 3.63) is 17.5 Å². The number of nitrogens with zero attached hydrogens (tertiary/aromatic N) is 4. The summed E-state index contributed by atoms with van der Waals surface area (Å²) in [5.74, 6) is 0.416. The van der Waals surface area contributed by atoms with E-state index in [1.807, 2.05) is 17.9 Å². The molecule has 2 fully saturated rings. The second-order valence-electron chi connectivity index (χ2n) is 6.78. The van der Waals surface area contributed by atoms with E-state index < -0.39 is 18.8 Å². The van der Waals surface area contributed by atoms with Gasteiger partial charge in [-0.2, -0.15) is 13.2 Å². The first-order valence-electron chi connectivity index (χ1n) is 8.56. The number of carbonyl (C=O) groups is 1. The molecule has 9 heteroatoms. The number of piperidine rings is 1. The minimum atomic E-state index is -4.34. The van der Waals surface area contributed by atoms with Crippen molar-refractivity contribution in [2.75, 3.05) is 39.3 Å². The molecule has 1 unspecified atom stereocenters. The molecule has 140 valence electrons. The molecule has 6 nitrogen and oxygen atoms in total. The number of carbonyl (C=O) groups excluding carboxylic acids is 1. The van der Waals surface area contributed by atoms with Crippen LogP contribution < -0.4 is 0 Å². The maximum absolute atomic E-state index is 12.6. The van der Waals surface area contributed by atoms with E-state index in [1.165, 1.54) is 0 Å². The zero-order chi connectivity index (χ0) is 18.0. The van der Waals surface area contributed by atoms with Crippen LogP contribution in [0.1, 0.15) is 24.3 Å². The molecule has 0 N–H and O–H groups in total. The van der Waals surface area contributed by atoms with E-state index >= 15 is 0 Å². The molecule has 0 aliphatic carbocycles. The van der Waals surface area contributed by atoms with E-state index in [4.69, 9.17) is 4.52 Å². The average molecular weight is 360 g/mol. The fraction of sp³-hybridized carbons (Fsp3) is 0.750. The lowest BCUT2D eigenvalue weighted by Crippen LogP contribution is -2.58. The Hall–Kier alpha value is -1.61. The molecule has 0 saturated carbocycles. The fourth-order valence-corrected chi connectivity index (χ4v) is 3.58. The van der Waals surface area contributed by atoms with Crippen LogP contribution in [0.4, 0.5) is 13.2 Å². The minimum absolute atomic E-state index is 0.194. The van der Waals surface area contributed by atoms with Gasteiger partial charge in [-0.3, -0.25) is 14.6 Å². The van der Waals surface area contributed by atoms with E-state index in [0.717, 1.165) is 29.4 Å². The van der Waals surface area contributed by atoms with Crippen molar-refractivity contribution in [3.8, 4) is 0 Å². The number of aromatic nitrogens is 1. The third-order valence-electron chi connectivity index (χ3n) is 4.78. The average Bonchev–Trinajstić information content (AvgIpc) is 2.94. The smallest absolute Gasteiger partial charge is 0.360 e. The summed E-state index contributed by atoms with van der Waals surface area (Å²) in [6.07, 6.45) is -3.09. The molecule has 0 bridgehead atoms. The highest BCUT2D eigenvalue weighted by molar-refractivity contribution is 5.82. The van der Waals surface area contributed by atoms with Crippen LogP contribution in [0.15, 0.2) is 10.6 Å². The van der Waals surface area contributed by atoms with Gasteiger partial charge in [-0.05, 0) is 19.8 Å². The molecule has 1 amide bonds. The van der Waals surface area contributed by atoms with Gasteiger partial charge in [0, 0.05) is 38.8 Å². The van der Waals surface area contributed by atoms with Gasteiger partial charge < -0.3 is 9.42 Å². The maximum atomic E-state index is 12.6. The van der Waals surface area contributed by atoms with Gasteiger partial charge in [-0.1, -0.05) is 5.16 Å². The first-order valence-corrected chi connectivity index (χ1v) is 8.56. The molecule has 2 saturated heterocycles. The molecule has 25 heavy (non-hydrogen) atoms. The number of halogens is 3. The van der Waals surface area contributed by atoms with Crippen molar-refractivity contribution in [3.63, 3.8) is 0 Å². The van der Waals surface area contributed by atoms with E-state index in [-0.39, 0.29) is 12.5 Å². The lowest BCUT2D eigenvalue weighted by molar-refractivity contribution is -0.168. The summed E-state index contributed by atoms with van der Waals surface area (Å²) in [7, 11) is 0. The highest BCUT2D eigenvalue weighted by atomic mass is 19.4. The predicted octanol–water partition coefficient (Wildman–Crippen LogP) is 1.65. The minimum Gasteiger partial charge on any atom is -0.360 e. The van der Waals surface area contributed by atoms with Gasteiger partial charge >= 0.3 is 6.18 Å². The van der Waals surface area contributed by atoms with Crippen LogP contribution in [0.2, 0.25) is 0 Å². The highest BCUT2D eigenvalue weighted by Gasteiger charge is 2.39. The standard InChI is InChI=1S/C16H23F3N4O2/c1-12-9-13(25-20-12)10-21-5-7-22(8-6-21)14-3-2-4-23(15(14)24)11-16(17,18)19/h9,14H,2-8,10-11H2,1H3. The van der Waals surface area contributed by atoms with Crippen LogP contribution in [0.25, 0.3) is 0 Å². The first-order chi connectivity index (χ1) is 11.8. The van der Waals surface area contributed by atoms with Crippen molar-refractivity contribution >= 4 is 5.91 Å². The lowest BCUT2D eigenvalue weighted by atomic mass is 10.0. The van der Waals surface area contributed by atoms with Gasteiger partial charge in [-0.15, -0.1) is 0 Å². The number of hydrogen-bond donors (Lipinski definition) is 0. The molecule has 2 aliphatic heterocycles. The van der Waals surface area contributed by atoms with Crippen molar-refractivity contribution in [1.82, 2.24) is 19.9 Å². The summed E-state index contributed by atoms with van der Waals surface area (Å²) in [5.41, 5.74) is 0.839. The third-order valence-corrected chi connectivity index (χ3v) is 4.78. The topological polar surface area (TPSA) is 52.8 Å². The number of aryl methyl sites for hydroxylation is 1. The summed E-state index contributed by atoms with van der Waals surface area (Å²) in [6, 6.07) is 1.47. The van der Waals surface area contributed by atoms with Gasteiger partial charge in [0.2, 0.25) is 5.91 Å². The largest absolute Gasteiger partial charge is 0.406 e. The summed E-state index contributed by atoms with van der Waals surface area (Å²) in [5, 5.41) is 3.86. The highest BCUT2D eigenvalue weighted by Crippen LogP contribution is 2.24. The first kappa shape index (κ1) is 18.2. The van der Waals surface area contributed by atoms with Gasteiger partial charge in [0.1, 0.15) is 6.54 Å². The maximum Gasteiger partial charge on any atom is 0.406 e. The van der Waals surface area contributed by atoms with Crippen molar-refractivity contribution in [2.24, 2.45) is 0 Å². The number of likely N-dealkylation sites (tertiary alicyclic amines) is 1. The Morgan fingerprint density at radius 3 is 2.56 bits per heavy atom. The Bertz CT molecular complexity index is 596. The van der Waals surface area contributed by atoms with E-state index in [0.29, 0.717) is 32.5 Å². The van der Waals surface area contributed by atoms with Crippen LogP contribution in [0.3, 0.4) is 0 Å². The van der Waals surface area contributed by atoms with Crippen LogP contribution in [0, 0.1) is 6.92 Å². The molecule has 3 heterocycles. The Labute approximate surface area is 144 Å². The molecule has 0 spiro atoms. The summed E-state index contributed by atoms with van der Waals surface area (Å²) >= 11 is 0. The van der Waals surface area contributed by atoms with Gasteiger partial charge in [0.25, 0.3) is 0 Å². The fourth-order valence-electron chi connectivity index (χ4n) is 3.58. The van der Waals surface area contributed by atoms with Gasteiger partial charge in [0.15, 0.2) is 5.76 Å². The van der Waals surface area contributed by atoms with Crippen molar-refractivity contribution in [1.29, 1.82) is 0 Å². The summed E-state index contributed by atoms with van der Waals surface area (Å²) < 4.78 is 43.1. The van der Waals surface area contributed by atoms with Crippen LogP contribution in [-0.4, -0.2) is 77.3 Å². The zero-order valence-corrected chi connectivity index (χ0v) is 14.3. The number of piperazine rings is 1. The zero-order valence-electron chi connectivity index (χ0n) is 14.3. The Morgan fingerprint density at radius 2 is 1.96 bits per heavy atom. The van der Waals surface area contributed by atoms with E-state index in [1.54, 1.807) is 0 Å². The molecule has 1 aromatic rings. The normalized spacial score (nSPS) is 24.1. The quantitative estimate of drug-likeness (QED) is 0.817. The summed E-state index contributed by atoms with van der Waals surface area (Å²) in [4.78, 5) is 17.6. The lowest BCUT2D eigenvalue weighted by Gasteiger charge is -2.42. The van der Waals surface area contributed by atoms with Crippen LogP contribution in [-0.2, 0) is 11.3 Å². The number of amides is 1. The van der Waals surface area contributed by atoms with E-state index in [2.05, 4.69) is 10.1 Å². The Kier molecular flexibility index (Phi) is 5.33. The molecule has 3 rings (SSSR count). The molecular formula is C16H23F3N4O2. The SMILES string of the molecule is Cc1cc(CN2CCN(C3CCCN(CC(F)(F)F)C3=O)CC2)on1. The Morgan fingerprint density at radius 1 is 1.24 bits per heavy atom. The molecule has 0 aromatic carbocycles. The molecular weight excluding hydrogens is 337 g/mol. The van der Waals surface area contributed by atoms with Gasteiger partial charge in [0.05, 0.1) is 18.3 Å². The van der Waals surface area contributed by atoms with Crippen LogP contribution in [0.5, 0.6) is 0 Å². The molecule has 1 aromatic heterocycles. The molecule has 2 aliphatic rings. The second kappa shape index (κ2) is 7.33. The van der Waals surface area contributed by atoms with Crippen LogP contribution >= 0.6 is 0 Å². The monoisotopic (exact) mass is 360 g/mol. The third kappa shape index (κ3) is 4.72. The number of hydrogen-bond acceptors (Lipinski definition) is 5. The second-order valence-corrected chi connectivity index (χ2v) is 6.78. The summed E-state index contributed by atoms with van der Waals surface area (Å²) in [6.45, 7) is 4.42. The predicted molar refractivity (Wildman–Crippen MR) is 83.7 cm³/mol. The number of alkyl halides is 3. The molecule has 0 radical (unpaired) electrons. The molecule has 1 atom stereocenters. The van der Waals surface area contributed by atoms with Gasteiger partial charge in [-0.25, -0.2) is 0 Å².